The highest BCUT2D eigenvalue weighted by atomic mass is 16.7. The van der Waals surface area contributed by atoms with E-state index in [1.165, 1.54) is 39.5 Å². The first kappa shape index (κ1) is 31.1. The van der Waals surface area contributed by atoms with Gasteiger partial charge in [0.05, 0.1) is 17.6 Å². The molecule has 7 atom stereocenters. The van der Waals surface area contributed by atoms with E-state index in [1.54, 1.807) is 19.9 Å². The van der Waals surface area contributed by atoms with Gasteiger partial charge in [-0.15, -0.1) is 5.48 Å². The number of rotatable bonds is 6. The van der Waals surface area contributed by atoms with Crippen LogP contribution in [0.5, 0.6) is 0 Å². The van der Waals surface area contributed by atoms with Crippen LogP contribution in [-0.4, -0.2) is 91.8 Å². The van der Waals surface area contributed by atoms with E-state index in [-0.39, 0.29) is 34.2 Å². The summed E-state index contributed by atoms with van der Waals surface area (Å²) in [5.41, 5.74) is 3.04. The summed E-state index contributed by atoms with van der Waals surface area (Å²) < 4.78 is 22.4. The summed E-state index contributed by atoms with van der Waals surface area (Å²) in [7, 11) is 4.18. The number of hydroxylamine groups is 1. The van der Waals surface area contributed by atoms with Gasteiger partial charge in [0, 0.05) is 43.6 Å². The van der Waals surface area contributed by atoms with Crippen LogP contribution >= 0.6 is 0 Å². The standard InChI is InChI=1S/C33H33NO11/c1-14-10-16-8-9-33(43-5)25(26(37)21-12-19-20(13-22(21)30(33)39)24(36)7-6-23(19)35)18(16)11-17(14)32(40)45-34-31-29(42-4)27(38)28(41-3)15(2)44-31/h6-7,10-13,15,25,27-29,31,34,38H,8-9H2,1-5H3/t15-,25?,27+,28-,29+,31-,33?/m0/s1. The van der Waals surface area contributed by atoms with Crippen LogP contribution in [0, 0.1) is 6.92 Å². The molecule has 1 heterocycles. The zero-order valence-corrected chi connectivity index (χ0v) is 25.4. The Labute approximate surface area is 258 Å². The van der Waals surface area contributed by atoms with Crippen molar-refractivity contribution >= 4 is 29.1 Å². The number of nitrogens with one attached hydrogen (secondary N) is 1. The van der Waals surface area contributed by atoms with Gasteiger partial charge in [-0.3, -0.25) is 19.2 Å². The van der Waals surface area contributed by atoms with Crippen LogP contribution in [0.15, 0.2) is 36.4 Å². The van der Waals surface area contributed by atoms with Crippen LogP contribution in [0.2, 0.25) is 0 Å². The van der Waals surface area contributed by atoms with Crippen molar-refractivity contribution in [1.29, 1.82) is 0 Å². The number of Topliss-reactive ketones (excluding diaryl/α,β-unsaturated/α-hetero) is 2. The Morgan fingerprint density at radius 3 is 2.20 bits per heavy atom. The zero-order chi connectivity index (χ0) is 32.4. The summed E-state index contributed by atoms with van der Waals surface area (Å²) in [6, 6.07) is 5.95. The van der Waals surface area contributed by atoms with Crippen molar-refractivity contribution in [3.8, 4) is 0 Å². The predicted octanol–water partition coefficient (Wildman–Crippen LogP) is 2.22. The van der Waals surface area contributed by atoms with Gasteiger partial charge in [0.1, 0.15) is 23.9 Å². The van der Waals surface area contributed by atoms with Gasteiger partial charge < -0.3 is 28.9 Å². The number of ether oxygens (including phenoxy) is 4. The fraction of sp³-hybridized carbons (Fsp3) is 0.424. The third-order valence-corrected chi connectivity index (χ3v) is 9.45. The second-order valence-corrected chi connectivity index (χ2v) is 11.8. The van der Waals surface area contributed by atoms with E-state index in [4.69, 9.17) is 23.8 Å². The molecule has 0 amide bonds. The average Bonchev–Trinajstić information content (AvgIpc) is 3.03. The van der Waals surface area contributed by atoms with Gasteiger partial charge in [-0.25, -0.2) is 4.79 Å². The Bertz CT molecular complexity index is 1680. The Kier molecular flexibility index (Phi) is 7.92. The van der Waals surface area contributed by atoms with E-state index in [0.717, 1.165) is 17.7 Å². The number of ketones is 4. The Hall–Kier alpha value is -3.91. The van der Waals surface area contributed by atoms with Crippen LogP contribution in [0.3, 0.4) is 0 Å². The number of aryl methyl sites for hydroxylation is 2. The maximum absolute atomic E-state index is 14.2. The molecule has 1 saturated heterocycles. The minimum absolute atomic E-state index is 0.0224. The molecule has 12 nitrogen and oxygen atoms in total. The minimum atomic E-state index is -1.58. The van der Waals surface area contributed by atoms with E-state index in [1.807, 2.05) is 0 Å². The lowest BCUT2D eigenvalue weighted by atomic mass is 9.61. The third kappa shape index (κ3) is 4.71. The number of aliphatic hydroxyl groups excluding tert-OH is 1. The SMILES string of the molecule is CO[C@@H]1[C@@H](O)[C@@H](OC)[C@@H](NOC(=O)c2cc3c(cc2C)CCC2(OC)C(=O)c4cc5c(cc4C(=O)C32)C(=O)C=CC5=O)O[C@H]1C. The first-order valence-electron chi connectivity index (χ1n) is 14.6. The normalized spacial score (nSPS) is 30.4. The van der Waals surface area contributed by atoms with E-state index in [9.17, 15) is 29.1 Å². The first-order chi connectivity index (χ1) is 21.5. The molecule has 0 bridgehead atoms. The quantitative estimate of drug-likeness (QED) is 0.454. The fourth-order valence-electron chi connectivity index (χ4n) is 7.11. The summed E-state index contributed by atoms with van der Waals surface area (Å²) in [6.45, 7) is 3.43. The number of benzene rings is 2. The Balaban J connectivity index is 1.35. The molecule has 2 N–H and O–H groups in total. The highest BCUT2D eigenvalue weighted by Crippen LogP contribution is 2.49. The van der Waals surface area contributed by atoms with Gasteiger partial charge in [0.2, 0.25) is 0 Å². The summed E-state index contributed by atoms with van der Waals surface area (Å²) in [6.07, 6.45) is -1.34. The molecule has 6 rings (SSSR count). The number of methoxy groups -OCH3 is 3. The van der Waals surface area contributed by atoms with Crippen molar-refractivity contribution < 1.29 is 52.9 Å². The number of carbonyl (C=O) groups excluding carboxylic acids is 5. The minimum Gasteiger partial charge on any atom is -0.387 e. The number of fused-ring (bicyclic) bond motifs is 5. The highest BCUT2D eigenvalue weighted by molar-refractivity contribution is 6.27. The third-order valence-electron chi connectivity index (χ3n) is 9.45. The molecule has 0 aromatic heterocycles. The molecule has 2 aromatic rings. The number of allylic oxidation sites excluding steroid dienone is 2. The molecule has 1 aliphatic heterocycles. The van der Waals surface area contributed by atoms with Crippen molar-refractivity contribution in [2.45, 2.75) is 68.9 Å². The van der Waals surface area contributed by atoms with Crippen LogP contribution in [0.4, 0.5) is 0 Å². The van der Waals surface area contributed by atoms with Gasteiger partial charge in [-0.2, -0.15) is 0 Å². The molecule has 4 aliphatic rings. The molecule has 45 heavy (non-hydrogen) atoms. The Morgan fingerprint density at radius 2 is 1.58 bits per heavy atom. The summed E-state index contributed by atoms with van der Waals surface area (Å²) in [5.74, 6) is -3.71. The number of aliphatic hydroxyl groups is 1. The topological polar surface area (TPSA) is 164 Å². The van der Waals surface area contributed by atoms with Crippen molar-refractivity contribution in [2.75, 3.05) is 21.3 Å². The lowest BCUT2D eigenvalue weighted by molar-refractivity contribution is -0.256. The summed E-state index contributed by atoms with van der Waals surface area (Å²) in [4.78, 5) is 72.3. The molecular weight excluding hydrogens is 586 g/mol. The molecule has 0 saturated carbocycles. The molecule has 1 fully saturated rings. The van der Waals surface area contributed by atoms with E-state index >= 15 is 0 Å². The van der Waals surface area contributed by atoms with Crippen molar-refractivity contribution in [3.05, 3.63) is 80.9 Å². The van der Waals surface area contributed by atoms with E-state index in [0.29, 0.717) is 17.5 Å². The van der Waals surface area contributed by atoms with Crippen molar-refractivity contribution in [2.24, 2.45) is 0 Å². The van der Waals surface area contributed by atoms with Crippen molar-refractivity contribution in [3.63, 3.8) is 0 Å². The first-order valence-corrected chi connectivity index (χ1v) is 14.6. The second-order valence-electron chi connectivity index (χ2n) is 11.8. The highest BCUT2D eigenvalue weighted by Gasteiger charge is 2.57. The molecule has 12 heteroatoms. The lowest BCUT2D eigenvalue weighted by Crippen LogP contribution is -2.62. The molecule has 3 aliphatic carbocycles. The van der Waals surface area contributed by atoms with Gasteiger partial charge in [-0.1, -0.05) is 6.07 Å². The molecule has 2 unspecified atom stereocenters. The summed E-state index contributed by atoms with van der Waals surface area (Å²) in [5, 5.41) is 10.7. The van der Waals surface area contributed by atoms with Crippen LogP contribution < -0.4 is 5.48 Å². The van der Waals surface area contributed by atoms with Crippen LogP contribution in [0.25, 0.3) is 0 Å². The number of hydrogen-bond donors (Lipinski definition) is 2. The smallest absolute Gasteiger partial charge is 0.357 e. The van der Waals surface area contributed by atoms with Gasteiger partial charge in [0.15, 0.2) is 29.4 Å². The van der Waals surface area contributed by atoms with E-state index < -0.39 is 71.3 Å². The van der Waals surface area contributed by atoms with Crippen molar-refractivity contribution in [1.82, 2.24) is 5.48 Å². The zero-order valence-electron chi connectivity index (χ0n) is 25.4. The van der Waals surface area contributed by atoms with Gasteiger partial charge in [-0.05, 0) is 73.7 Å². The largest absolute Gasteiger partial charge is 0.387 e. The lowest BCUT2D eigenvalue weighted by Gasteiger charge is -2.45. The van der Waals surface area contributed by atoms with Gasteiger partial charge >= 0.3 is 5.97 Å². The van der Waals surface area contributed by atoms with E-state index in [2.05, 4.69) is 5.48 Å². The maximum Gasteiger partial charge on any atom is 0.357 e. The average molecular weight is 620 g/mol. The summed E-state index contributed by atoms with van der Waals surface area (Å²) >= 11 is 0. The fourth-order valence-corrected chi connectivity index (χ4v) is 7.11. The maximum atomic E-state index is 14.2. The monoisotopic (exact) mass is 619 g/mol. The predicted molar refractivity (Wildman–Crippen MR) is 155 cm³/mol. The second kappa shape index (κ2) is 11.5. The molecule has 0 radical (unpaired) electrons. The molecule has 236 valence electrons. The number of hydrogen-bond acceptors (Lipinski definition) is 12. The number of carbonyl (C=O) groups is 5. The van der Waals surface area contributed by atoms with Gasteiger partial charge in [0.25, 0.3) is 0 Å². The molecular formula is C33H33NO11. The molecule has 0 spiro atoms. The van der Waals surface area contributed by atoms with Crippen LogP contribution in [0.1, 0.15) is 87.7 Å². The molecule has 2 aromatic carbocycles. The van der Waals surface area contributed by atoms with Crippen LogP contribution in [-0.2, 0) is 30.2 Å². The Morgan fingerprint density at radius 1 is 0.933 bits per heavy atom.